The molecule has 7 heteroatoms. The van der Waals surface area contributed by atoms with E-state index in [1.807, 2.05) is 60.7 Å². The number of thioether (sulfide) groups is 1. The number of amides is 2. The fraction of sp³-hybridized carbons (Fsp3) is 0.333. The van der Waals surface area contributed by atoms with Gasteiger partial charge in [-0.25, -0.2) is 0 Å². The Labute approximate surface area is 233 Å². The Kier molecular flexibility index (Phi) is 10.4. The Balaban J connectivity index is 1.64. The summed E-state index contributed by atoms with van der Waals surface area (Å²) in [7, 11) is 0. The number of hydrogen-bond donors (Lipinski definition) is 1. The molecule has 1 N–H and O–H groups in total. The van der Waals surface area contributed by atoms with Gasteiger partial charge in [-0.2, -0.15) is 0 Å². The standard InChI is InChI=1S/C30H32Cl2N2O2S/c31-26-17-10-18-27(32)25(26)20-34(29(35)21-37-24-15-8-3-9-16-24)28(19-22-11-4-1-5-12-22)30(36)33-23-13-6-2-7-14-23/h1,3-5,8-12,15-18,23,28H,2,6-7,13-14,19-21H2,(H,33,36)/t28-/m0/s1. The molecule has 0 spiro atoms. The third kappa shape index (κ3) is 8.00. The summed E-state index contributed by atoms with van der Waals surface area (Å²) in [6.45, 7) is 0.155. The van der Waals surface area contributed by atoms with Crippen molar-refractivity contribution < 1.29 is 9.59 Å². The maximum atomic E-state index is 13.8. The van der Waals surface area contributed by atoms with Crippen LogP contribution in [-0.4, -0.2) is 34.6 Å². The lowest BCUT2D eigenvalue weighted by Gasteiger charge is -2.34. The summed E-state index contributed by atoms with van der Waals surface area (Å²) in [6, 6.07) is 24.4. The van der Waals surface area contributed by atoms with Gasteiger partial charge < -0.3 is 10.2 Å². The van der Waals surface area contributed by atoms with Crippen molar-refractivity contribution in [3.8, 4) is 0 Å². The van der Waals surface area contributed by atoms with E-state index in [0.717, 1.165) is 36.1 Å². The molecule has 3 aromatic rings. The van der Waals surface area contributed by atoms with Crippen LogP contribution in [0, 0.1) is 0 Å². The molecule has 1 aliphatic carbocycles. The van der Waals surface area contributed by atoms with Gasteiger partial charge in [0.15, 0.2) is 0 Å². The lowest BCUT2D eigenvalue weighted by Crippen LogP contribution is -2.53. The first kappa shape index (κ1) is 27.6. The van der Waals surface area contributed by atoms with Crippen molar-refractivity contribution in [3.05, 3.63) is 100 Å². The van der Waals surface area contributed by atoms with E-state index < -0.39 is 6.04 Å². The van der Waals surface area contributed by atoms with Crippen molar-refractivity contribution in [2.75, 3.05) is 5.75 Å². The molecule has 0 aromatic heterocycles. The van der Waals surface area contributed by atoms with Gasteiger partial charge in [-0.05, 0) is 42.7 Å². The van der Waals surface area contributed by atoms with E-state index in [0.29, 0.717) is 22.0 Å². The molecule has 2 amide bonds. The number of benzene rings is 3. The minimum Gasteiger partial charge on any atom is -0.352 e. The lowest BCUT2D eigenvalue weighted by atomic mass is 9.94. The minimum absolute atomic E-state index is 0.128. The van der Waals surface area contributed by atoms with Crippen LogP contribution in [0.25, 0.3) is 0 Å². The summed E-state index contributed by atoms with van der Waals surface area (Å²) in [5.74, 6) is -0.0600. The van der Waals surface area contributed by atoms with E-state index in [1.54, 1.807) is 23.1 Å². The third-order valence-corrected chi connectivity index (χ3v) is 8.42. The molecule has 0 saturated heterocycles. The van der Waals surface area contributed by atoms with Crippen molar-refractivity contribution in [1.29, 1.82) is 0 Å². The van der Waals surface area contributed by atoms with Crippen molar-refractivity contribution >= 4 is 46.8 Å². The van der Waals surface area contributed by atoms with Crippen LogP contribution in [0.1, 0.15) is 43.2 Å². The van der Waals surface area contributed by atoms with Gasteiger partial charge in [0.05, 0.1) is 5.75 Å². The molecule has 37 heavy (non-hydrogen) atoms. The van der Waals surface area contributed by atoms with Crippen LogP contribution >= 0.6 is 35.0 Å². The molecule has 0 bridgehead atoms. The summed E-state index contributed by atoms with van der Waals surface area (Å²) < 4.78 is 0. The highest BCUT2D eigenvalue weighted by Gasteiger charge is 2.32. The van der Waals surface area contributed by atoms with Gasteiger partial charge >= 0.3 is 0 Å². The van der Waals surface area contributed by atoms with E-state index in [4.69, 9.17) is 23.2 Å². The molecule has 1 fully saturated rings. The quantitative estimate of drug-likeness (QED) is 0.270. The molecule has 1 atom stereocenters. The molecule has 4 rings (SSSR count). The largest absolute Gasteiger partial charge is 0.352 e. The molecule has 0 heterocycles. The molecule has 0 aliphatic heterocycles. The third-order valence-electron chi connectivity index (χ3n) is 6.72. The first-order valence-corrected chi connectivity index (χ1v) is 14.5. The van der Waals surface area contributed by atoms with Gasteiger partial charge in [0.2, 0.25) is 11.8 Å². The van der Waals surface area contributed by atoms with Gasteiger partial charge in [-0.1, -0.05) is 97.1 Å². The monoisotopic (exact) mass is 554 g/mol. The lowest BCUT2D eigenvalue weighted by molar-refractivity contribution is -0.139. The fourth-order valence-corrected chi connectivity index (χ4v) is 6.02. The zero-order valence-electron chi connectivity index (χ0n) is 20.7. The highest BCUT2D eigenvalue weighted by Crippen LogP contribution is 2.28. The van der Waals surface area contributed by atoms with Gasteiger partial charge in [0.25, 0.3) is 0 Å². The number of hydrogen-bond acceptors (Lipinski definition) is 3. The van der Waals surface area contributed by atoms with Gasteiger partial charge in [0.1, 0.15) is 6.04 Å². The summed E-state index contributed by atoms with van der Waals surface area (Å²) in [5, 5.41) is 4.22. The van der Waals surface area contributed by atoms with Crippen LogP contribution < -0.4 is 5.32 Å². The first-order valence-electron chi connectivity index (χ1n) is 12.8. The second kappa shape index (κ2) is 13.9. The fourth-order valence-electron chi connectivity index (χ4n) is 4.70. The molecular formula is C30H32Cl2N2O2S. The van der Waals surface area contributed by atoms with Gasteiger partial charge in [-0.3, -0.25) is 9.59 Å². The van der Waals surface area contributed by atoms with Crippen LogP contribution in [0.5, 0.6) is 0 Å². The summed E-state index contributed by atoms with van der Waals surface area (Å²) in [4.78, 5) is 30.3. The smallest absolute Gasteiger partial charge is 0.243 e. The molecule has 194 valence electrons. The van der Waals surface area contributed by atoms with Crippen LogP contribution in [0.3, 0.4) is 0 Å². The Hall–Kier alpha value is -2.47. The number of nitrogens with one attached hydrogen (secondary N) is 1. The van der Waals surface area contributed by atoms with E-state index in [2.05, 4.69) is 5.32 Å². The van der Waals surface area contributed by atoms with Gasteiger partial charge in [-0.15, -0.1) is 11.8 Å². The predicted molar refractivity (Wildman–Crippen MR) is 153 cm³/mol. The minimum atomic E-state index is -0.694. The summed E-state index contributed by atoms with van der Waals surface area (Å²) in [5.41, 5.74) is 1.64. The topological polar surface area (TPSA) is 49.4 Å². The van der Waals surface area contributed by atoms with E-state index in [9.17, 15) is 9.59 Å². The second-order valence-corrected chi connectivity index (χ2v) is 11.2. The second-order valence-electron chi connectivity index (χ2n) is 9.37. The summed E-state index contributed by atoms with van der Waals surface area (Å²) in [6.07, 6.45) is 5.77. The van der Waals surface area contributed by atoms with Crippen LogP contribution in [0.15, 0.2) is 83.8 Å². The molecule has 1 saturated carbocycles. The zero-order valence-corrected chi connectivity index (χ0v) is 23.1. The summed E-state index contributed by atoms with van der Waals surface area (Å²) >= 11 is 14.5. The Morgan fingerprint density at radius 3 is 2.14 bits per heavy atom. The van der Waals surface area contributed by atoms with Crippen molar-refractivity contribution in [1.82, 2.24) is 10.2 Å². The maximum absolute atomic E-state index is 13.8. The molecule has 0 unspecified atom stereocenters. The highest BCUT2D eigenvalue weighted by molar-refractivity contribution is 8.00. The number of carbonyl (C=O) groups is 2. The van der Waals surface area contributed by atoms with Crippen molar-refractivity contribution in [3.63, 3.8) is 0 Å². The van der Waals surface area contributed by atoms with Crippen LogP contribution in [0.2, 0.25) is 10.0 Å². The highest BCUT2D eigenvalue weighted by atomic mass is 35.5. The average Bonchev–Trinajstić information content (AvgIpc) is 2.92. The van der Waals surface area contributed by atoms with Crippen molar-refractivity contribution in [2.45, 2.75) is 62.0 Å². The SMILES string of the molecule is O=C(NC1CCCCC1)[C@H](Cc1ccccc1)N(Cc1c(Cl)cccc1Cl)C(=O)CSc1ccccc1. The molecular weight excluding hydrogens is 523 g/mol. The zero-order chi connectivity index (χ0) is 26.0. The molecule has 4 nitrogen and oxygen atoms in total. The molecule has 0 radical (unpaired) electrons. The normalized spacial score (nSPS) is 14.6. The number of halogens is 2. The Morgan fingerprint density at radius 2 is 1.49 bits per heavy atom. The number of carbonyl (C=O) groups excluding carboxylic acids is 2. The van der Waals surface area contributed by atoms with E-state index >= 15 is 0 Å². The first-order chi connectivity index (χ1) is 18.0. The van der Waals surface area contributed by atoms with Gasteiger partial charge in [0, 0.05) is 39.5 Å². The predicted octanol–water partition coefficient (Wildman–Crippen LogP) is 7.17. The van der Waals surface area contributed by atoms with E-state index in [-0.39, 0.29) is 30.2 Å². The van der Waals surface area contributed by atoms with Crippen LogP contribution in [0.4, 0.5) is 0 Å². The van der Waals surface area contributed by atoms with Crippen LogP contribution in [-0.2, 0) is 22.6 Å². The number of nitrogens with zero attached hydrogens (tertiary/aromatic N) is 1. The number of rotatable bonds is 10. The molecule has 3 aromatic carbocycles. The maximum Gasteiger partial charge on any atom is 0.243 e. The molecule has 1 aliphatic rings. The average molecular weight is 556 g/mol. The Morgan fingerprint density at radius 1 is 0.865 bits per heavy atom. The Bertz CT molecular complexity index is 1150. The van der Waals surface area contributed by atoms with Crippen molar-refractivity contribution in [2.24, 2.45) is 0 Å². The van der Waals surface area contributed by atoms with E-state index in [1.165, 1.54) is 18.2 Å².